The quantitative estimate of drug-likeness (QED) is 0.892. The van der Waals surface area contributed by atoms with Gasteiger partial charge in [-0.25, -0.2) is 4.98 Å². The van der Waals surface area contributed by atoms with E-state index in [0.29, 0.717) is 6.04 Å². The lowest BCUT2D eigenvalue weighted by molar-refractivity contribution is 0.548. The van der Waals surface area contributed by atoms with Crippen molar-refractivity contribution in [2.24, 2.45) is 0 Å². The van der Waals surface area contributed by atoms with E-state index in [1.54, 1.807) is 11.3 Å². The number of rotatable bonds is 5. The second-order valence-electron chi connectivity index (χ2n) is 5.04. The van der Waals surface area contributed by atoms with E-state index in [-0.39, 0.29) is 0 Å². The molecule has 0 amide bonds. The molecule has 0 fully saturated rings. The molecular formula is C16H22N2S. The van der Waals surface area contributed by atoms with Crippen molar-refractivity contribution in [3.05, 3.63) is 51.0 Å². The molecule has 1 atom stereocenters. The molecule has 2 nitrogen and oxygen atoms in total. The fraction of sp³-hybridized carbons (Fsp3) is 0.438. The Balaban J connectivity index is 2.21. The van der Waals surface area contributed by atoms with E-state index < -0.39 is 0 Å². The van der Waals surface area contributed by atoms with Gasteiger partial charge in [0.1, 0.15) is 0 Å². The number of aryl methyl sites for hydroxylation is 3. The average Bonchev–Trinajstić information content (AvgIpc) is 2.78. The first-order valence-electron chi connectivity index (χ1n) is 6.81. The van der Waals surface area contributed by atoms with Gasteiger partial charge in [0.25, 0.3) is 0 Å². The zero-order chi connectivity index (χ0) is 13.8. The molecule has 1 N–H and O–H groups in total. The number of hydrogen-bond donors (Lipinski definition) is 1. The molecule has 2 aromatic rings. The van der Waals surface area contributed by atoms with Crippen molar-refractivity contribution in [3.8, 4) is 0 Å². The number of aromatic nitrogens is 1. The van der Waals surface area contributed by atoms with Crippen LogP contribution < -0.4 is 5.32 Å². The zero-order valence-electron chi connectivity index (χ0n) is 12.2. The molecule has 1 heterocycles. The highest BCUT2D eigenvalue weighted by Gasteiger charge is 2.13. The summed E-state index contributed by atoms with van der Waals surface area (Å²) in [6, 6.07) is 7.09. The van der Waals surface area contributed by atoms with Crippen molar-refractivity contribution in [1.29, 1.82) is 0 Å². The molecule has 0 bridgehead atoms. The molecule has 0 saturated carbocycles. The molecule has 1 aromatic heterocycles. The Kier molecular flexibility index (Phi) is 4.72. The first-order valence-corrected chi connectivity index (χ1v) is 7.69. The summed E-state index contributed by atoms with van der Waals surface area (Å²) in [6.07, 6.45) is 0.967. The van der Waals surface area contributed by atoms with E-state index in [9.17, 15) is 0 Å². The fourth-order valence-electron chi connectivity index (χ4n) is 2.21. The van der Waals surface area contributed by atoms with Crippen LogP contribution in [-0.2, 0) is 6.42 Å². The summed E-state index contributed by atoms with van der Waals surface area (Å²) in [5.74, 6) is 0. The predicted molar refractivity (Wildman–Crippen MR) is 82.9 cm³/mol. The monoisotopic (exact) mass is 274 g/mol. The number of nitrogens with one attached hydrogen (secondary N) is 1. The van der Waals surface area contributed by atoms with Crippen molar-refractivity contribution < 1.29 is 0 Å². The summed E-state index contributed by atoms with van der Waals surface area (Å²) in [5.41, 5.74) is 5.19. The van der Waals surface area contributed by atoms with Crippen LogP contribution in [0.3, 0.4) is 0 Å². The highest BCUT2D eigenvalue weighted by molar-refractivity contribution is 7.09. The van der Waals surface area contributed by atoms with Gasteiger partial charge in [0.15, 0.2) is 0 Å². The molecule has 2 rings (SSSR count). The Morgan fingerprint density at radius 3 is 2.58 bits per heavy atom. The van der Waals surface area contributed by atoms with E-state index in [0.717, 1.165) is 18.7 Å². The van der Waals surface area contributed by atoms with Gasteiger partial charge in [-0.15, -0.1) is 11.3 Å². The molecular weight excluding hydrogens is 252 g/mol. The number of thiazole rings is 1. The van der Waals surface area contributed by atoms with Gasteiger partial charge in [0.2, 0.25) is 0 Å². The maximum absolute atomic E-state index is 4.58. The third-order valence-corrected chi connectivity index (χ3v) is 4.42. The summed E-state index contributed by atoms with van der Waals surface area (Å²) in [4.78, 5) is 4.58. The Bertz CT molecular complexity index is 545. The molecule has 0 radical (unpaired) electrons. The molecule has 102 valence electrons. The van der Waals surface area contributed by atoms with Gasteiger partial charge in [-0.1, -0.05) is 25.1 Å². The SMILES string of the molecule is CCNC(Cc1nc(C)cs1)c1ccc(C)c(C)c1. The maximum Gasteiger partial charge on any atom is 0.0947 e. The van der Waals surface area contributed by atoms with Gasteiger partial charge in [0.05, 0.1) is 5.01 Å². The van der Waals surface area contributed by atoms with E-state index in [4.69, 9.17) is 0 Å². The summed E-state index contributed by atoms with van der Waals surface area (Å²) >= 11 is 1.75. The smallest absolute Gasteiger partial charge is 0.0947 e. The zero-order valence-corrected chi connectivity index (χ0v) is 13.0. The van der Waals surface area contributed by atoms with E-state index in [1.807, 2.05) is 0 Å². The van der Waals surface area contributed by atoms with Gasteiger partial charge in [-0.05, 0) is 44.0 Å². The highest BCUT2D eigenvalue weighted by atomic mass is 32.1. The molecule has 1 unspecified atom stereocenters. The van der Waals surface area contributed by atoms with Crippen LogP contribution in [0.4, 0.5) is 0 Å². The lowest BCUT2D eigenvalue weighted by Gasteiger charge is -2.18. The minimum atomic E-state index is 0.356. The van der Waals surface area contributed by atoms with Crippen LogP contribution >= 0.6 is 11.3 Å². The maximum atomic E-state index is 4.58. The van der Waals surface area contributed by atoms with Crippen LogP contribution in [0.5, 0.6) is 0 Å². The molecule has 19 heavy (non-hydrogen) atoms. The lowest BCUT2D eigenvalue weighted by Crippen LogP contribution is -2.23. The number of likely N-dealkylation sites (N-methyl/N-ethyl adjacent to an activating group) is 1. The van der Waals surface area contributed by atoms with Gasteiger partial charge < -0.3 is 5.32 Å². The topological polar surface area (TPSA) is 24.9 Å². The van der Waals surface area contributed by atoms with Crippen LogP contribution in [0.1, 0.15) is 40.4 Å². The fourth-order valence-corrected chi connectivity index (χ4v) is 3.03. The van der Waals surface area contributed by atoms with Crippen LogP contribution in [0.15, 0.2) is 23.6 Å². The first-order chi connectivity index (χ1) is 9.10. The van der Waals surface area contributed by atoms with Gasteiger partial charge in [-0.2, -0.15) is 0 Å². The van der Waals surface area contributed by atoms with Crippen molar-refractivity contribution in [1.82, 2.24) is 10.3 Å². The minimum Gasteiger partial charge on any atom is -0.310 e. The van der Waals surface area contributed by atoms with Crippen molar-refractivity contribution in [3.63, 3.8) is 0 Å². The van der Waals surface area contributed by atoms with Crippen LogP contribution in [0, 0.1) is 20.8 Å². The first kappa shape index (κ1) is 14.2. The summed E-state index contributed by atoms with van der Waals surface area (Å²) < 4.78 is 0. The van der Waals surface area contributed by atoms with Crippen molar-refractivity contribution in [2.45, 2.75) is 40.2 Å². The number of benzene rings is 1. The summed E-state index contributed by atoms with van der Waals surface area (Å²) in [7, 11) is 0. The third-order valence-electron chi connectivity index (χ3n) is 3.43. The molecule has 0 aliphatic rings. The standard InChI is InChI=1S/C16H22N2S/c1-5-17-15(9-16-18-13(4)10-19-16)14-7-6-11(2)12(3)8-14/h6-8,10,15,17H,5,9H2,1-4H3. The number of hydrogen-bond acceptors (Lipinski definition) is 3. The molecule has 0 aliphatic carbocycles. The van der Waals surface area contributed by atoms with Crippen LogP contribution in [0.2, 0.25) is 0 Å². The minimum absolute atomic E-state index is 0.356. The van der Waals surface area contributed by atoms with Gasteiger partial charge in [0, 0.05) is 23.5 Å². The Morgan fingerprint density at radius 2 is 2.00 bits per heavy atom. The van der Waals surface area contributed by atoms with E-state index >= 15 is 0 Å². The van der Waals surface area contributed by atoms with Gasteiger partial charge >= 0.3 is 0 Å². The second kappa shape index (κ2) is 6.31. The Labute approximate surface area is 119 Å². The average molecular weight is 274 g/mol. The normalized spacial score (nSPS) is 12.6. The Morgan fingerprint density at radius 1 is 1.21 bits per heavy atom. The van der Waals surface area contributed by atoms with Crippen LogP contribution in [0.25, 0.3) is 0 Å². The summed E-state index contributed by atoms with van der Waals surface area (Å²) in [6.45, 7) is 9.52. The molecule has 0 spiro atoms. The molecule has 1 aromatic carbocycles. The molecule has 0 aliphatic heterocycles. The van der Waals surface area contributed by atoms with Gasteiger partial charge in [-0.3, -0.25) is 0 Å². The van der Waals surface area contributed by atoms with E-state index in [2.05, 4.69) is 61.6 Å². The lowest BCUT2D eigenvalue weighted by atomic mass is 9.99. The molecule has 3 heteroatoms. The van der Waals surface area contributed by atoms with Crippen molar-refractivity contribution in [2.75, 3.05) is 6.54 Å². The third kappa shape index (κ3) is 3.64. The van der Waals surface area contributed by atoms with Crippen LogP contribution in [-0.4, -0.2) is 11.5 Å². The molecule has 0 saturated heterocycles. The predicted octanol–water partition coefficient (Wildman–Crippen LogP) is 3.96. The van der Waals surface area contributed by atoms with Crippen molar-refractivity contribution >= 4 is 11.3 Å². The second-order valence-corrected chi connectivity index (χ2v) is 5.98. The summed E-state index contributed by atoms with van der Waals surface area (Å²) in [5, 5.41) is 6.90. The number of nitrogens with zero attached hydrogens (tertiary/aromatic N) is 1. The highest BCUT2D eigenvalue weighted by Crippen LogP contribution is 2.22. The largest absolute Gasteiger partial charge is 0.310 e. The van der Waals surface area contributed by atoms with E-state index in [1.165, 1.54) is 21.7 Å². The Hall–Kier alpha value is -1.19.